The zero-order valence-corrected chi connectivity index (χ0v) is 10.4. The number of carbonyl (C=O) groups is 2. The molecule has 0 aliphatic heterocycles. The molecule has 2 amide bonds. The summed E-state index contributed by atoms with van der Waals surface area (Å²) in [5, 5.41) is 14.8. The Balaban J connectivity index is 2.20. The summed E-state index contributed by atoms with van der Waals surface area (Å²) >= 11 is 0. The van der Waals surface area contributed by atoms with Crippen LogP contribution in [0, 0.1) is 5.41 Å². The molecule has 17 heavy (non-hydrogen) atoms. The van der Waals surface area contributed by atoms with E-state index < -0.39 is 0 Å². The minimum atomic E-state index is -0.125. The molecule has 0 bridgehead atoms. The lowest BCUT2D eigenvalue weighted by Crippen LogP contribution is -2.39. The van der Waals surface area contributed by atoms with Crippen molar-refractivity contribution in [3.8, 4) is 0 Å². The largest absolute Gasteiger partial charge is 0.396 e. The van der Waals surface area contributed by atoms with Crippen LogP contribution >= 0.6 is 0 Å². The van der Waals surface area contributed by atoms with Gasteiger partial charge in [-0.25, -0.2) is 0 Å². The molecular weight excluding hydrogens is 220 g/mol. The fraction of sp³-hybridized carbons (Fsp3) is 0.833. The average Bonchev–Trinajstić information content (AvgIpc) is 2.75. The highest BCUT2D eigenvalue weighted by Crippen LogP contribution is 2.36. The van der Waals surface area contributed by atoms with E-state index in [-0.39, 0.29) is 23.8 Å². The van der Waals surface area contributed by atoms with Gasteiger partial charge in [-0.2, -0.15) is 0 Å². The maximum Gasteiger partial charge on any atom is 0.221 e. The Kier molecular flexibility index (Phi) is 5.41. The van der Waals surface area contributed by atoms with Crippen LogP contribution in [0.4, 0.5) is 0 Å². The molecule has 0 spiro atoms. The highest BCUT2D eigenvalue weighted by molar-refractivity contribution is 5.77. The lowest BCUT2D eigenvalue weighted by atomic mass is 9.87. The summed E-state index contributed by atoms with van der Waals surface area (Å²) in [7, 11) is 0. The van der Waals surface area contributed by atoms with E-state index in [1.165, 1.54) is 6.92 Å². The second-order valence-corrected chi connectivity index (χ2v) is 4.87. The number of aliphatic hydroxyl groups is 1. The molecule has 1 rings (SSSR count). The highest BCUT2D eigenvalue weighted by atomic mass is 16.3. The van der Waals surface area contributed by atoms with E-state index in [2.05, 4.69) is 10.6 Å². The third-order valence-electron chi connectivity index (χ3n) is 3.39. The Hall–Kier alpha value is -1.10. The summed E-state index contributed by atoms with van der Waals surface area (Å²) in [4.78, 5) is 22.1. The van der Waals surface area contributed by atoms with Crippen LogP contribution in [0.1, 0.15) is 39.0 Å². The van der Waals surface area contributed by atoms with Crippen molar-refractivity contribution in [2.24, 2.45) is 5.41 Å². The molecule has 0 aromatic heterocycles. The molecule has 3 N–H and O–H groups in total. The fourth-order valence-corrected chi connectivity index (χ4v) is 2.24. The molecule has 1 saturated carbocycles. The molecule has 1 aliphatic rings. The predicted molar refractivity (Wildman–Crippen MR) is 64.3 cm³/mol. The van der Waals surface area contributed by atoms with E-state index in [0.717, 1.165) is 25.7 Å². The van der Waals surface area contributed by atoms with Crippen molar-refractivity contribution < 1.29 is 14.7 Å². The van der Waals surface area contributed by atoms with Crippen molar-refractivity contribution in [1.82, 2.24) is 10.6 Å². The number of amides is 2. The molecular formula is C12H22N2O3. The van der Waals surface area contributed by atoms with Gasteiger partial charge in [0.05, 0.1) is 6.61 Å². The SMILES string of the molecule is CC(=O)NCCC(=O)NCC1(CO)CCCC1. The van der Waals surface area contributed by atoms with Gasteiger partial charge in [-0.3, -0.25) is 9.59 Å². The van der Waals surface area contributed by atoms with Gasteiger partial charge in [0.15, 0.2) is 0 Å². The highest BCUT2D eigenvalue weighted by Gasteiger charge is 2.33. The minimum Gasteiger partial charge on any atom is -0.396 e. The second-order valence-electron chi connectivity index (χ2n) is 4.87. The molecule has 98 valence electrons. The molecule has 0 aromatic rings. The van der Waals surface area contributed by atoms with Crippen molar-refractivity contribution in [2.75, 3.05) is 19.7 Å². The van der Waals surface area contributed by atoms with Crippen LogP contribution in [-0.4, -0.2) is 36.6 Å². The van der Waals surface area contributed by atoms with E-state index >= 15 is 0 Å². The van der Waals surface area contributed by atoms with Crippen LogP contribution in [0.5, 0.6) is 0 Å². The van der Waals surface area contributed by atoms with Gasteiger partial charge in [0, 0.05) is 31.8 Å². The monoisotopic (exact) mass is 242 g/mol. The number of carbonyl (C=O) groups excluding carboxylic acids is 2. The number of nitrogens with one attached hydrogen (secondary N) is 2. The Morgan fingerprint density at radius 3 is 2.41 bits per heavy atom. The van der Waals surface area contributed by atoms with Crippen LogP contribution in [0.15, 0.2) is 0 Å². The summed E-state index contributed by atoms with van der Waals surface area (Å²) in [5.41, 5.74) is -0.107. The maximum absolute atomic E-state index is 11.5. The van der Waals surface area contributed by atoms with E-state index in [1.54, 1.807) is 0 Å². The summed E-state index contributed by atoms with van der Waals surface area (Å²) in [6, 6.07) is 0. The smallest absolute Gasteiger partial charge is 0.221 e. The fourth-order valence-electron chi connectivity index (χ4n) is 2.24. The second kappa shape index (κ2) is 6.59. The minimum absolute atomic E-state index is 0.0709. The van der Waals surface area contributed by atoms with Gasteiger partial charge in [0.2, 0.25) is 11.8 Å². The normalized spacial score (nSPS) is 17.8. The third-order valence-corrected chi connectivity index (χ3v) is 3.39. The first kappa shape index (κ1) is 14.0. The summed E-state index contributed by atoms with van der Waals surface area (Å²) in [6.07, 6.45) is 4.51. The number of hydrogen-bond donors (Lipinski definition) is 3. The first-order valence-corrected chi connectivity index (χ1v) is 6.20. The van der Waals surface area contributed by atoms with Crippen molar-refractivity contribution in [2.45, 2.75) is 39.0 Å². The lowest BCUT2D eigenvalue weighted by molar-refractivity contribution is -0.122. The first-order valence-electron chi connectivity index (χ1n) is 6.20. The van der Waals surface area contributed by atoms with Gasteiger partial charge in [-0.1, -0.05) is 12.8 Å². The van der Waals surface area contributed by atoms with Gasteiger partial charge in [0.25, 0.3) is 0 Å². The van der Waals surface area contributed by atoms with Gasteiger partial charge < -0.3 is 15.7 Å². The molecule has 1 aliphatic carbocycles. The Labute approximate surface area is 102 Å². The summed E-state index contributed by atoms with van der Waals surface area (Å²) < 4.78 is 0. The maximum atomic E-state index is 11.5. The number of aliphatic hydroxyl groups excluding tert-OH is 1. The topological polar surface area (TPSA) is 78.4 Å². The van der Waals surface area contributed by atoms with Crippen molar-refractivity contribution >= 4 is 11.8 Å². The average molecular weight is 242 g/mol. The Bertz CT molecular complexity index is 273. The Morgan fingerprint density at radius 1 is 1.24 bits per heavy atom. The van der Waals surface area contributed by atoms with Crippen LogP contribution in [0.2, 0.25) is 0 Å². The molecule has 5 nitrogen and oxygen atoms in total. The van der Waals surface area contributed by atoms with Crippen molar-refractivity contribution in [1.29, 1.82) is 0 Å². The molecule has 0 atom stereocenters. The zero-order valence-electron chi connectivity index (χ0n) is 10.4. The van der Waals surface area contributed by atoms with E-state index in [9.17, 15) is 14.7 Å². The standard InChI is InChI=1S/C12H22N2O3/c1-10(16)13-7-4-11(17)14-8-12(9-15)5-2-3-6-12/h15H,2-9H2,1H3,(H,13,16)(H,14,17). The van der Waals surface area contributed by atoms with Gasteiger partial charge in [-0.05, 0) is 12.8 Å². The van der Waals surface area contributed by atoms with Gasteiger partial charge in [0.1, 0.15) is 0 Å². The van der Waals surface area contributed by atoms with Gasteiger partial charge >= 0.3 is 0 Å². The lowest BCUT2D eigenvalue weighted by Gasteiger charge is -2.26. The third kappa shape index (κ3) is 4.73. The van der Waals surface area contributed by atoms with E-state index in [1.807, 2.05) is 0 Å². The van der Waals surface area contributed by atoms with Crippen LogP contribution in [-0.2, 0) is 9.59 Å². The van der Waals surface area contributed by atoms with Crippen LogP contribution in [0.25, 0.3) is 0 Å². The van der Waals surface area contributed by atoms with Crippen molar-refractivity contribution in [3.63, 3.8) is 0 Å². The quantitative estimate of drug-likeness (QED) is 0.622. The molecule has 1 fully saturated rings. The molecule has 0 saturated heterocycles. The van der Waals surface area contributed by atoms with Crippen LogP contribution < -0.4 is 10.6 Å². The molecule has 0 radical (unpaired) electrons. The zero-order chi connectivity index (χ0) is 12.7. The van der Waals surface area contributed by atoms with Gasteiger partial charge in [-0.15, -0.1) is 0 Å². The molecule has 0 heterocycles. The molecule has 0 aromatic carbocycles. The summed E-state index contributed by atoms with van der Waals surface area (Å²) in [5.74, 6) is -0.195. The number of rotatable bonds is 6. The van der Waals surface area contributed by atoms with E-state index in [0.29, 0.717) is 19.5 Å². The first-order chi connectivity index (χ1) is 8.08. The molecule has 0 unspecified atom stereocenters. The van der Waals surface area contributed by atoms with E-state index in [4.69, 9.17) is 0 Å². The molecule has 5 heteroatoms. The van der Waals surface area contributed by atoms with Crippen LogP contribution in [0.3, 0.4) is 0 Å². The summed E-state index contributed by atoms with van der Waals surface area (Å²) in [6.45, 7) is 2.48. The van der Waals surface area contributed by atoms with Crippen molar-refractivity contribution in [3.05, 3.63) is 0 Å². The Morgan fingerprint density at radius 2 is 1.88 bits per heavy atom. The predicted octanol–water partition coefficient (Wildman–Crippen LogP) is 0.181. The number of hydrogen-bond acceptors (Lipinski definition) is 3.